The molecule has 1 unspecified atom stereocenters. The minimum absolute atomic E-state index is 0.124. The fourth-order valence-electron chi connectivity index (χ4n) is 3.76. The molecular weight excluding hydrogens is 324 g/mol. The largest absolute Gasteiger partial charge is 0.367 e. The van der Waals surface area contributed by atoms with E-state index >= 15 is 0 Å². The number of aliphatic hydroxyl groups is 1. The number of fused-ring (bicyclic) bond motifs is 1. The third-order valence-corrected chi connectivity index (χ3v) is 5.26. The van der Waals surface area contributed by atoms with E-state index in [0.717, 1.165) is 22.0 Å². The summed E-state index contributed by atoms with van der Waals surface area (Å²) in [6, 6.07) is 17.9. The van der Waals surface area contributed by atoms with Gasteiger partial charge in [-0.25, -0.2) is 0 Å². The van der Waals surface area contributed by atoms with Crippen LogP contribution in [0.4, 0.5) is 0 Å². The van der Waals surface area contributed by atoms with Gasteiger partial charge < -0.3 is 15.0 Å². The van der Waals surface area contributed by atoms with Gasteiger partial charge in [-0.2, -0.15) is 0 Å². The Labute approximate surface area is 152 Å². The minimum atomic E-state index is -1.26. The topological polar surface area (TPSA) is 56.3 Å². The molecule has 1 aromatic heterocycles. The van der Waals surface area contributed by atoms with Crippen molar-refractivity contribution in [3.63, 3.8) is 0 Å². The van der Waals surface area contributed by atoms with Crippen LogP contribution in [0.5, 0.6) is 0 Å². The van der Waals surface area contributed by atoms with Gasteiger partial charge in [-0.15, -0.1) is 0 Å². The summed E-state index contributed by atoms with van der Waals surface area (Å²) in [5.74, 6) is -0.124. The van der Waals surface area contributed by atoms with E-state index < -0.39 is 5.72 Å². The van der Waals surface area contributed by atoms with Crippen LogP contribution in [0.15, 0.2) is 72.4 Å². The van der Waals surface area contributed by atoms with Gasteiger partial charge in [0, 0.05) is 36.1 Å². The number of nitrogens with one attached hydrogen (secondary N) is 1. The van der Waals surface area contributed by atoms with E-state index in [9.17, 15) is 9.90 Å². The zero-order chi connectivity index (χ0) is 18.1. The summed E-state index contributed by atoms with van der Waals surface area (Å²) in [5, 5.41) is 12.5. The Morgan fingerprint density at radius 1 is 1.08 bits per heavy atom. The Kier molecular flexibility index (Phi) is 4.13. The average molecular weight is 346 g/mol. The molecule has 2 N–H and O–H groups in total. The highest BCUT2D eigenvalue weighted by molar-refractivity contribution is 5.92. The van der Waals surface area contributed by atoms with E-state index in [1.807, 2.05) is 61.7 Å². The van der Waals surface area contributed by atoms with Crippen molar-refractivity contribution in [3.05, 3.63) is 83.6 Å². The molecule has 26 heavy (non-hydrogen) atoms. The number of aromatic amines is 1. The third kappa shape index (κ3) is 2.82. The number of para-hydroxylation sites is 1. The van der Waals surface area contributed by atoms with Crippen molar-refractivity contribution in [2.45, 2.75) is 25.5 Å². The third-order valence-electron chi connectivity index (χ3n) is 5.26. The predicted octanol–water partition coefficient (Wildman–Crippen LogP) is 3.43. The zero-order valence-corrected chi connectivity index (χ0v) is 14.8. The van der Waals surface area contributed by atoms with E-state index in [2.05, 4.69) is 11.1 Å². The van der Waals surface area contributed by atoms with Gasteiger partial charge in [0.25, 0.3) is 0 Å². The summed E-state index contributed by atoms with van der Waals surface area (Å²) in [4.78, 5) is 17.4. The summed E-state index contributed by atoms with van der Waals surface area (Å²) in [6.45, 7) is 2.30. The van der Waals surface area contributed by atoms with Gasteiger partial charge in [0.1, 0.15) is 0 Å². The van der Waals surface area contributed by atoms with Crippen LogP contribution in [0.25, 0.3) is 10.9 Å². The Hall–Kier alpha value is -2.85. The van der Waals surface area contributed by atoms with E-state index in [0.29, 0.717) is 25.0 Å². The minimum Gasteiger partial charge on any atom is -0.367 e. The maximum absolute atomic E-state index is 12.5. The highest BCUT2D eigenvalue weighted by Gasteiger charge is 2.43. The second-order valence-electron chi connectivity index (χ2n) is 6.91. The lowest BCUT2D eigenvalue weighted by Gasteiger charge is -2.36. The van der Waals surface area contributed by atoms with E-state index in [1.54, 1.807) is 11.0 Å². The molecule has 2 heterocycles. The van der Waals surface area contributed by atoms with E-state index in [-0.39, 0.29) is 5.91 Å². The molecule has 1 amide bonds. The first-order valence-electron chi connectivity index (χ1n) is 8.89. The van der Waals surface area contributed by atoms with Gasteiger partial charge in [0.15, 0.2) is 5.72 Å². The second-order valence-corrected chi connectivity index (χ2v) is 6.91. The van der Waals surface area contributed by atoms with Crippen LogP contribution in [-0.4, -0.2) is 33.2 Å². The molecule has 3 aromatic rings. The van der Waals surface area contributed by atoms with Crippen molar-refractivity contribution in [2.24, 2.45) is 0 Å². The Morgan fingerprint density at radius 2 is 1.81 bits per heavy atom. The first-order chi connectivity index (χ1) is 12.6. The van der Waals surface area contributed by atoms with Crippen LogP contribution in [0, 0.1) is 0 Å². The molecule has 2 aromatic carbocycles. The van der Waals surface area contributed by atoms with Gasteiger partial charge >= 0.3 is 0 Å². The molecule has 0 bridgehead atoms. The first-order valence-corrected chi connectivity index (χ1v) is 8.89. The number of carbonyl (C=O) groups excluding carboxylic acids is 1. The highest BCUT2D eigenvalue weighted by Crippen LogP contribution is 2.32. The molecular formula is C22H22N2O2. The van der Waals surface area contributed by atoms with Crippen molar-refractivity contribution in [1.29, 1.82) is 0 Å². The van der Waals surface area contributed by atoms with Crippen LogP contribution in [0.2, 0.25) is 0 Å². The molecule has 4 heteroatoms. The number of aromatic nitrogens is 1. The highest BCUT2D eigenvalue weighted by atomic mass is 16.3. The maximum Gasteiger partial charge on any atom is 0.249 e. The molecule has 0 radical (unpaired) electrons. The molecule has 1 aliphatic rings. The Bertz CT molecular complexity index is 974. The Morgan fingerprint density at radius 3 is 2.62 bits per heavy atom. The smallest absolute Gasteiger partial charge is 0.249 e. The van der Waals surface area contributed by atoms with Gasteiger partial charge in [-0.3, -0.25) is 4.79 Å². The fraction of sp³-hybridized carbons (Fsp3) is 0.227. The van der Waals surface area contributed by atoms with Crippen molar-refractivity contribution >= 4 is 16.8 Å². The maximum atomic E-state index is 12.5. The van der Waals surface area contributed by atoms with E-state index in [1.165, 1.54) is 0 Å². The average Bonchev–Trinajstić information content (AvgIpc) is 3.14. The van der Waals surface area contributed by atoms with Crippen LogP contribution in [0.3, 0.4) is 0 Å². The molecule has 1 atom stereocenters. The first kappa shape index (κ1) is 16.6. The number of H-pyrrole nitrogens is 1. The molecule has 0 spiro atoms. The predicted molar refractivity (Wildman–Crippen MR) is 103 cm³/mol. The van der Waals surface area contributed by atoms with Crippen LogP contribution in [-0.2, 0) is 17.6 Å². The molecule has 132 valence electrons. The zero-order valence-electron chi connectivity index (χ0n) is 14.8. The van der Waals surface area contributed by atoms with Gasteiger partial charge in [-0.1, -0.05) is 48.5 Å². The molecule has 4 rings (SSSR count). The second kappa shape index (κ2) is 6.46. The van der Waals surface area contributed by atoms with Gasteiger partial charge in [0.2, 0.25) is 5.91 Å². The number of carbonyl (C=O) groups is 1. The quantitative estimate of drug-likeness (QED) is 0.744. The molecule has 1 aliphatic heterocycles. The number of amides is 1. The number of hydrogen-bond acceptors (Lipinski definition) is 2. The van der Waals surface area contributed by atoms with Gasteiger partial charge in [-0.05, 0) is 36.1 Å². The van der Waals surface area contributed by atoms with E-state index in [4.69, 9.17) is 0 Å². The summed E-state index contributed by atoms with van der Waals surface area (Å²) >= 11 is 0. The molecule has 0 saturated heterocycles. The van der Waals surface area contributed by atoms with Crippen molar-refractivity contribution in [3.8, 4) is 0 Å². The number of hydrogen-bond donors (Lipinski definition) is 2. The summed E-state index contributed by atoms with van der Waals surface area (Å²) < 4.78 is 0. The van der Waals surface area contributed by atoms with Crippen LogP contribution < -0.4 is 0 Å². The van der Waals surface area contributed by atoms with Crippen molar-refractivity contribution in [2.75, 3.05) is 6.54 Å². The van der Waals surface area contributed by atoms with Gasteiger partial charge in [0.05, 0.1) is 0 Å². The molecule has 4 nitrogen and oxygen atoms in total. The number of nitrogens with zero attached hydrogens (tertiary/aromatic N) is 1. The summed E-state index contributed by atoms with van der Waals surface area (Å²) in [5.41, 5.74) is 2.69. The fourth-order valence-corrected chi connectivity index (χ4v) is 3.76. The Balaban J connectivity index is 1.57. The SMILES string of the molecule is CC1=CC(=O)N(CCc2c[nH]c3ccccc23)C1(O)Cc1ccccc1. The monoisotopic (exact) mass is 346 g/mol. The van der Waals surface area contributed by atoms with Crippen LogP contribution >= 0.6 is 0 Å². The normalized spacial score (nSPS) is 20.0. The molecule has 0 fully saturated rings. The lowest BCUT2D eigenvalue weighted by molar-refractivity contribution is -0.142. The number of rotatable bonds is 5. The molecule has 0 saturated carbocycles. The number of benzene rings is 2. The molecule has 0 aliphatic carbocycles. The van der Waals surface area contributed by atoms with Crippen molar-refractivity contribution < 1.29 is 9.90 Å². The lowest BCUT2D eigenvalue weighted by Crippen LogP contribution is -2.50. The van der Waals surface area contributed by atoms with Crippen molar-refractivity contribution in [1.82, 2.24) is 9.88 Å². The lowest BCUT2D eigenvalue weighted by atomic mass is 9.96. The standard InChI is InChI=1S/C22H22N2O2/c1-16-13-21(25)24(22(16,26)14-17-7-3-2-4-8-17)12-11-18-15-23-20-10-6-5-9-19(18)20/h2-10,13,15,23,26H,11-12,14H2,1H3. The van der Waals surface area contributed by atoms with Crippen LogP contribution in [0.1, 0.15) is 18.1 Å². The summed E-state index contributed by atoms with van der Waals surface area (Å²) in [6.07, 6.45) is 4.63. The summed E-state index contributed by atoms with van der Waals surface area (Å²) in [7, 11) is 0.